The fraction of sp³-hybridized carbons (Fsp3) is 0.562. The lowest BCUT2D eigenvalue weighted by atomic mass is 9.90. The number of carbonyl (C=O) groups excluding carboxylic acids is 8. The fourth-order valence-corrected chi connectivity index (χ4v) is 13.5. The van der Waals surface area contributed by atoms with Crippen molar-refractivity contribution in [1.82, 2.24) is 57.7 Å². The van der Waals surface area contributed by atoms with E-state index in [-0.39, 0.29) is 71.6 Å². The Labute approximate surface area is 561 Å². The number of hydrogen-bond acceptors (Lipinski definition) is 15. The minimum absolute atomic E-state index is 0.136. The topological polar surface area (TPSA) is 279 Å². The lowest BCUT2D eigenvalue weighted by molar-refractivity contribution is -0.144. The van der Waals surface area contributed by atoms with Crippen molar-refractivity contribution in [2.24, 2.45) is 11.8 Å². The maximum absolute atomic E-state index is 14.7. The van der Waals surface area contributed by atoms with E-state index in [2.05, 4.69) is 72.1 Å². The third-order valence-corrected chi connectivity index (χ3v) is 19.2. The largest absolute Gasteiger partial charge is 0.379 e. The number of amides is 7. The van der Waals surface area contributed by atoms with Crippen LogP contribution in [0.1, 0.15) is 138 Å². The van der Waals surface area contributed by atoms with Gasteiger partial charge in [0.25, 0.3) is 0 Å². The van der Waals surface area contributed by atoms with Gasteiger partial charge in [0, 0.05) is 51.4 Å². The molecule has 4 aliphatic rings. The molecule has 0 bridgehead atoms. The molecular formula is C73H103N11O11. The quantitative estimate of drug-likeness (QED) is 0.0264. The van der Waals surface area contributed by atoms with Gasteiger partial charge in [-0.2, -0.15) is 0 Å². The highest BCUT2D eigenvalue weighted by molar-refractivity contribution is 5.97. The van der Waals surface area contributed by atoms with Crippen LogP contribution in [0.5, 0.6) is 0 Å². The number of likely N-dealkylation sites (N-methyl/N-ethyl adjacent to an activating group) is 2. The number of nitrogens with one attached hydrogen (secondary N) is 9. The van der Waals surface area contributed by atoms with Gasteiger partial charge in [-0.25, -0.2) is 0 Å². The molecular weight excluding hydrogens is 1210 g/mol. The summed E-state index contributed by atoms with van der Waals surface area (Å²) >= 11 is 0. The van der Waals surface area contributed by atoms with E-state index in [9.17, 15) is 38.4 Å². The van der Waals surface area contributed by atoms with Crippen LogP contribution in [0.2, 0.25) is 0 Å². The smallest absolute Gasteiger partial charge is 0.247 e. The number of unbranched alkanes of at least 4 members (excludes halogenated alkanes) is 1. The van der Waals surface area contributed by atoms with Gasteiger partial charge in [0.15, 0.2) is 5.78 Å². The molecule has 8 rings (SSSR count). The first kappa shape index (κ1) is 73.4. The van der Waals surface area contributed by atoms with Crippen LogP contribution in [0.25, 0.3) is 0 Å². The summed E-state index contributed by atoms with van der Waals surface area (Å²) in [4.78, 5) is 116. The molecule has 4 fully saturated rings. The van der Waals surface area contributed by atoms with Crippen molar-refractivity contribution in [2.45, 2.75) is 177 Å². The number of rotatable bonds is 39. The highest BCUT2D eigenvalue weighted by Gasteiger charge is 2.50. The molecule has 12 atom stereocenters. The number of hydrogen-bond donors (Lipinski definition) is 9. The number of Topliss-reactive ketones (excluding diaryl/α,β-unsaturated/α-hetero) is 1. The van der Waals surface area contributed by atoms with E-state index in [4.69, 9.17) is 14.2 Å². The van der Waals surface area contributed by atoms with Crippen LogP contribution in [0.15, 0.2) is 121 Å². The molecule has 0 aromatic heterocycles. The van der Waals surface area contributed by atoms with Gasteiger partial charge in [-0.3, -0.25) is 38.4 Å². The number of carbonyl (C=O) groups is 8. The van der Waals surface area contributed by atoms with Crippen LogP contribution in [0, 0.1) is 11.8 Å². The molecule has 0 aliphatic carbocycles. The number of nitrogens with zero attached hydrogens (tertiary/aromatic N) is 2. The molecule has 9 N–H and O–H groups in total. The maximum atomic E-state index is 14.7. The molecule has 4 aromatic rings. The molecule has 4 saturated heterocycles. The number of ketones is 1. The highest BCUT2D eigenvalue weighted by Crippen LogP contribution is 2.37. The maximum Gasteiger partial charge on any atom is 0.247 e. The summed E-state index contributed by atoms with van der Waals surface area (Å²) in [5, 5.41) is 28.1. The van der Waals surface area contributed by atoms with Crippen molar-refractivity contribution < 1.29 is 52.6 Å². The van der Waals surface area contributed by atoms with E-state index in [1.54, 1.807) is 49.9 Å². The van der Waals surface area contributed by atoms with Gasteiger partial charge in [0.1, 0.15) is 36.3 Å². The van der Waals surface area contributed by atoms with Crippen LogP contribution in [-0.4, -0.2) is 179 Å². The molecule has 0 radical (unpaired) electrons. The van der Waals surface area contributed by atoms with E-state index in [0.717, 1.165) is 17.5 Å². The van der Waals surface area contributed by atoms with Crippen molar-refractivity contribution in [3.8, 4) is 0 Å². The van der Waals surface area contributed by atoms with Crippen molar-refractivity contribution in [3.05, 3.63) is 144 Å². The molecule has 4 aromatic carbocycles. The average molecular weight is 1310 g/mol. The Morgan fingerprint density at radius 2 is 0.863 bits per heavy atom. The Kier molecular flexibility index (Phi) is 30.1. The Balaban J connectivity index is 0.721. The molecule has 516 valence electrons. The third kappa shape index (κ3) is 21.8. The van der Waals surface area contributed by atoms with Crippen molar-refractivity contribution >= 4 is 47.1 Å². The molecule has 22 heteroatoms. The first-order valence-corrected chi connectivity index (χ1v) is 34.6. The second-order valence-electron chi connectivity index (χ2n) is 25.7. The lowest BCUT2D eigenvalue weighted by Crippen LogP contribution is -2.58. The number of fused-ring (bicyclic) bond motifs is 2. The van der Waals surface area contributed by atoms with Gasteiger partial charge in [0.05, 0.1) is 38.5 Å². The number of benzene rings is 4. The molecule has 4 aliphatic heterocycles. The predicted molar refractivity (Wildman–Crippen MR) is 363 cm³/mol. The monoisotopic (exact) mass is 1310 g/mol. The summed E-state index contributed by atoms with van der Waals surface area (Å²) in [6.07, 6.45) is 8.22. The highest BCUT2D eigenvalue weighted by atomic mass is 16.5. The van der Waals surface area contributed by atoms with Crippen LogP contribution < -0.4 is 47.9 Å². The minimum Gasteiger partial charge on any atom is -0.379 e. The Bertz CT molecular complexity index is 2840. The van der Waals surface area contributed by atoms with Crippen molar-refractivity contribution in [2.75, 3.05) is 73.4 Å². The van der Waals surface area contributed by atoms with Crippen LogP contribution in [-0.2, 0) is 65.7 Å². The molecule has 22 nitrogen and oxygen atoms in total. The van der Waals surface area contributed by atoms with E-state index in [0.29, 0.717) is 161 Å². The zero-order valence-corrected chi connectivity index (χ0v) is 56.0. The Hall–Kier alpha value is -7.44. The normalized spacial score (nSPS) is 22.2. The Morgan fingerprint density at radius 1 is 0.463 bits per heavy atom. The molecule has 4 heterocycles. The van der Waals surface area contributed by atoms with Gasteiger partial charge < -0.3 is 71.9 Å². The van der Waals surface area contributed by atoms with E-state index >= 15 is 0 Å². The fourth-order valence-electron chi connectivity index (χ4n) is 13.5. The summed E-state index contributed by atoms with van der Waals surface area (Å²) in [5.74, 6) is -2.70. The zero-order valence-electron chi connectivity index (χ0n) is 56.0. The second kappa shape index (κ2) is 38.9. The van der Waals surface area contributed by atoms with Crippen molar-refractivity contribution in [3.63, 3.8) is 0 Å². The first-order valence-electron chi connectivity index (χ1n) is 34.6. The molecule has 7 amide bonds. The summed E-state index contributed by atoms with van der Waals surface area (Å²) < 4.78 is 17.4. The predicted octanol–water partition coefficient (Wildman–Crippen LogP) is 5.08. The Morgan fingerprint density at radius 3 is 1.32 bits per heavy atom. The summed E-state index contributed by atoms with van der Waals surface area (Å²) in [5.41, 5.74) is 3.58. The zero-order chi connectivity index (χ0) is 67.3. The van der Waals surface area contributed by atoms with E-state index in [1.807, 2.05) is 84.9 Å². The summed E-state index contributed by atoms with van der Waals surface area (Å²) in [6.45, 7) is 8.61. The summed E-state index contributed by atoms with van der Waals surface area (Å²) in [6, 6.07) is 31.9. The van der Waals surface area contributed by atoms with Gasteiger partial charge in [0.2, 0.25) is 41.4 Å². The van der Waals surface area contributed by atoms with Gasteiger partial charge in [-0.05, 0) is 159 Å². The first-order chi connectivity index (χ1) is 46.3. The van der Waals surface area contributed by atoms with Crippen LogP contribution >= 0.6 is 0 Å². The van der Waals surface area contributed by atoms with Gasteiger partial charge >= 0.3 is 0 Å². The van der Waals surface area contributed by atoms with Crippen LogP contribution in [0.3, 0.4) is 0 Å². The molecule has 95 heavy (non-hydrogen) atoms. The number of ether oxygens (including phenoxy) is 3. The van der Waals surface area contributed by atoms with Gasteiger partial charge in [-0.15, -0.1) is 0 Å². The SMILES string of the molecule is CN[C@@H](C)C(=O)N[C@@H]1C(=O)N2[C@@H](CC[C@@H]1CCNCc1ccccc1)CC[C@H]2C(=O)N[C@H](C(=O)CCCCOCCOCCOCCCNC(=O)[C@@H](NC(=O)[C@@H]1CC[C@@H]2CC[C@H](CCNCc3ccccc3)[C@H](NC(=O)[C@H](C)NC)C(=O)N21)c1ccccc1)c1ccccc1. The molecule has 0 saturated carbocycles. The standard InChI is InChI=1S/C73H103N11O11/c1-50(74-3)67(86)81-65-56(37-40-76-48-52-20-9-5-10-21-52)29-31-58-33-35-60(83(58)72(65)91)69(88)79-63(54-24-13-7-14-25-54)62(85)28-17-18-42-93-44-46-95-47-45-94-43-19-39-78-71(90)64(55-26-15-8-16-27-55)80-70(89)61-36-34-59-32-30-57(38-41-77-49-53-22-11-6-12-23-53)66(73(92)84(59)61)82-68(87)51(2)75-4/h5-16,20-27,50-51,56-61,63-66,74-77H,17-19,28-49H2,1-4H3,(H,78,90)(H,79,88)(H,80,89)(H,81,86)(H,82,87)/t50-,51-,56+,57+,58-,59-,60-,61-,63-,64-,65-,66-/m0/s1. The van der Waals surface area contributed by atoms with Crippen molar-refractivity contribution in [1.29, 1.82) is 0 Å². The molecule has 0 unspecified atom stereocenters. The second-order valence-corrected chi connectivity index (χ2v) is 25.7. The lowest BCUT2D eigenvalue weighted by Gasteiger charge is -2.33. The summed E-state index contributed by atoms with van der Waals surface area (Å²) in [7, 11) is 3.40. The third-order valence-electron chi connectivity index (χ3n) is 19.2. The van der Waals surface area contributed by atoms with E-state index < -0.39 is 54.2 Å². The average Bonchev–Trinajstić information content (AvgIpc) is 1.68. The minimum atomic E-state index is -1.01. The van der Waals surface area contributed by atoms with Crippen LogP contribution in [0.4, 0.5) is 0 Å². The molecule has 0 spiro atoms. The van der Waals surface area contributed by atoms with E-state index in [1.165, 1.54) is 0 Å². The van der Waals surface area contributed by atoms with Gasteiger partial charge in [-0.1, -0.05) is 121 Å².